The van der Waals surface area contributed by atoms with Crippen LogP contribution in [0.4, 0.5) is 10.5 Å². The number of hydrogen-bond donors (Lipinski definition) is 1. The predicted octanol–water partition coefficient (Wildman–Crippen LogP) is 4.23. The van der Waals surface area contributed by atoms with Crippen molar-refractivity contribution < 1.29 is 4.79 Å². The van der Waals surface area contributed by atoms with Gasteiger partial charge in [0.05, 0.1) is 0 Å². The summed E-state index contributed by atoms with van der Waals surface area (Å²) in [5.41, 5.74) is 5.06. The molecular weight excluding hydrogens is 338 g/mol. The molecular formula is C21H25N5O. The average Bonchev–Trinajstić information content (AvgIpc) is 3.01. The van der Waals surface area contributed by atoms with Gasteiger partial charge in [0.1, 0.15) is 11.3 Å². The molecule has 1 N–H and O–H groups in total. The highest BCUT2D eigenvalue weighted by Gasteiger charge is 2.26. The fourth-order valence-electron chi connectivity index (χ4n) is 3.89. The molecule has 1 aliphatic heterocycles. The van der Waals surface area contributed by atoms with Gasteiger partial charge in [0.25, 0.3) is 0 Å². The van der Waals surface area contributed by atoms with Crippen molar-refractivity contribution in [1.29, 1.82) is 0 Å². The first kappa shape index (κ1) is 17.5. The average molecular weight is 363 g/mol. The lowest BCUT2D eigenvalue weighted by atomic mass is 10.0. The van der Waals surface area contributed by atoms with Gasteiger partial charge in [-0.15, -0.1) is 0 Å². The number of likely N-dealkylation sites (tertiary alicyclic amines) is 1. The third kappa shape index (κ3) is 3.27. The standard InChI is InChI=1S/C21H25N5O/c1-14-6-4-7-18(15(14)2)24-21(27)25-12-9-17(10-13-25)26-16(3)23-19-8-5-11-22-20(19)26/h4-8,11,17H,9-10,12-13H2,1-3H3,(H,24,27). The number of nitrogens with zero attached hydrogens (tertiary/aromatic N) is 4. The minimum absolute atomic E-state index is 0.0208. The van der Waals surface area contributed by atoms with Gasteiger partial charge in [-0.2, -0.15) is 0 Å². The van der Waals surface area contributed by atoms with Gasteiger partial charge in [-0.25, -0.2) is 14.8 Å². The first-order valence-electron chi connectivity index (χ1n) is 9.46. The summed E-state index contributed by atoms with van der Waals surface area (Å²) < 4.78 is 2.23. The van der Waals surface area contributed by atoms with Crippen molar-refractivity contribution in [3.8, 4) is 0 Å². The number of hydrogen-bond acceptors (Lipinski definition) is 3. The summed E-state index contributed by atoms with van der Waals surface area (Å²) in [6.45, 7) is 7.58. The summed E-state index contributed by atoms with van der Waals surface area (Å²) in [5, 5.41) is 3.07. The van der Waals surface area contributed by atoms with Gasteiger partial charge in [0.15, 0.2) is 5.65 Å². The molecule has 27 heavy (non-hydrogen) atoms. The van der Waals surface area contributed by atoms with Crippen LogP contribution >= 0.6 is 0 Å². The number of fused-ring (bicyclic) bond motifs is 1. The van der Waals surface area contributed by atoms with Crippen LogP contribution in [0.3, 0.4) is 0 Å². The van der Waals surface area contributed by atoms with Crippen LogP contribution in [0.15, 0.2) is 36.5 Å². The van der Waals surface area contributed by atoms with Crippen LogP contribution in [-0.4, -0.2) is 38.6 Å². The Morgan fingerprint density at radius 2 is 1.89 bits per heavy atom. The highest BCUT2D eigenvalue weighted by Crippen LogP contribution is 2.28. The van der Waals surface area contributed by atoms with Crippen LogP contribution in [0.5, 0.6) is 0 Å². The van der Waals surface area contributed by atoms with Gasteiger partial charge in [-0.1, -0.05) is 12.1 Å². The Balaban J connectivity index is 1.45. The number of benzene rings is 1. The minimum atomic E-state index is -0.0208. The highest BCUT2D eigenvalue weighted by atomic mass is 16.2. The number of rotatable bonds is 2. The number of nitrogens with one attached hydrogen (secondary N) is 1. The van der Waals surface area contributed by atoms with Crippen LogP contribution in [0.25, 0.3) is 11.2 Å². The molecule has 6 heteroatoms. The van der Waals surface area contributed by atoms with Crippen molar-refractivity contribution in [2.75, 3.05) is 18.4 Å². The Hall–Kier alpha value is -2.89. The molecule has 2 amide bonds. The normalized spacial score (nSPS) is 15.3. The van der Waals surface area contributed by atoms with Gasteiger partial charge >= 0.3 is 6.03 Å². The van der Waals surface area contributed by atoms with Crippen LogP contribution < -0.4 is 5.32 Å². The van der Waals surface area contributed by atoms with Crippen molar-refractivity contribution in [3.05, 3.63) is 53.5 Å². The number of urea groups is 1. The van der Waals surface area contributed by atoms with E-state index in [0.29, 0.717) is 6.04 Å². The molecule has 4 rings (SSSR count). The lowest BCUT2D eigenvalue weighted by Gasteiger charge is -2.33. The Bertz CT molecular complexity index is 985. The zero-order chi connectivity index (χ0) is 19.0. The molecule has 1 aliphatic rings. The van der Waals surface area contributed by atoms with Gasteiger partial charge in [-0.3, -0.25) is 0 Å². The van der Waals surface area contributed by atoms with E-state index < -0.39 is 0 Å². The van der Waals surface area contributed by atoms with Crippen molar-refractivity contribution in [3.63, 3.8) is 0 Å². The second-order valence-electron chi connectivity index (χ2n) is 7.27. The molecule has 0 aliphatic carbocycles. The summed E-state index contributed by atoms with van der Waals surface area (Å²) in [4.78, 5) is 23.7. The molecule has 1 fully saturated rings. The lowest BCUT2D eigenvalue weighted by molar-refractivity contribution is 0.184. The van der Waals surface area contributed by atoms with Crippen LogP contribution in [0, 0.1) is 20.8 Å². The molecule has 1 saturated heterocycles. The number of amides is 2. The largest absolute Gasteiger partial charge is 0.324 e. The van der Waals surface area contributed by atoms with E-state index in [9.17, 15) is 4.79 Å². The molecule has 0 saturated carbocycles. The number of imidazole rings is 1. The monoisotopic (exact) mass is 363 g/mol. The molecule has 0 atom stereocenters. The molecule has 2 aromatic heterocycles. The minimum Gasteiger partial charge on any atom is -0.324 e. The number of pyridine rings is 1. The maximum Gasteiger partial charge on any atom is 0.321 e. The maximum absolute atomic E-state index is 12.7. The molecule has 0 bridgehead atoms. The zero-order valence-corrected chi connectivity index (χ0v) is 16.1. The summed E-state index contributed by atoms with van der Waals surface area (Å²) in [6.07, 6.45) is 3.62. The molecule has 6 nitrogen and oxygen atoms in total. The fraction of sp³-hybridized carbons (Fsp3) is 0.381. The molecule has 140 valence electrons. The smallest absolute Gasteiger partial charge is 0.321 e. The second kappa shape index (κ2) is 7.02. The van der Waals surface area contributed by atoms with Crippen LogP contribution in [-0.2, 0) is 0 Å². The first-order valence-corrected chi connectivity index (χ1v) is 9.46. The van der Waals surface area contributed by atoms with E-state index in [1.54, 1.807) is 0 Å². The highest BCUT2D eigenvalue weighted by molar-refractivity contribution is 5.90. The number of piperidine rings is 1. The van der Waals surface area contributed by atoms with Crippen LogP contribution in [0.2, 0.25) is 0 Å². The third-order valence-electron chi connectivity index (χ3n) is 5.59. The Kier molecular flexibility index (Phi) is 4.56. The van der Waals surface area contributed by atoms with E-state index in [4.69, 9.17) is 0 Å². The molecule has 3 aromatic rings. The fourth-order valence-corrected chi connectivity index (χ4v) is 3.89. The van der Waals surface area contributed by atoms with Crippen molar-refractivity contribution in [2.45, 2.75) is 39.7 Å². The molecule has 0 radical (unpaired) electrons. The molecule has 0 spiro atoms. The summed E-state index contributed by atoms with van der Waals surface area (Å²) in [6, 6.07) is 10.2. The summed E-state index contributed by atoms with van der Waals surface area (Å²) >= 11 is 0. The number of aromatic nitrogens is 3. The third-order valence-corrected chi connectivity index (χ3v) is 5.59. The van der Waals surface area contributed by atoms with E-state index in [1.807, 2.05) is 49.2 Å². The van der Waals surface area contributed by atoms with Gasteiger partial charge < -0.3 is 14.8 Å². The van der Waals surface area contributed by atoms with E-state index in [0.717, 1.165) is 54.2 Å². The Morgan fingerprint density at radius 3 is 2.67 bits per heavy atom. The SMILES string of the molecule is Cc1cccc(NC(=O)N2CCC(n3c(C)nc4cccnc43)CC2)c1C. The van der Waals surface area contributed by atoms with E-state index in [1.165, 1.54) is 5.56 Å². The summed E-state index contributed by atoms with van der Waals surface area (Å²) in [5.74, 6) is 0.988. The summed E-state index contributed by atoms with van der Waals surface area (Å²) in [7, 11) is 0. The van der Waals surface area contributed by atoms with Gasteiger partial charge in [0.2, 0.25) is 0 Å². The van der Waals surface area contributed by atoms with Gasteiger partial charge in [-0.05, 0) is 62.9 Å². The number of carbonyl (C=O) groups excluding carboxylic acids is 1. The molecule has 0 unspecified atom stereocenters. The lowest BCUT2D eigenvalue weighted by Crippen LogP contribution is -2.41. The number of aryl methyl sites for hydroxylation is 2. The molecule has 3 heterocycles. The quantitative estimate of drug-likeness (QED) is 0.741. The van der Waals surface area contributed by atoms with Gasteiger partial charge in [0, 0.05) is 31.0 Å². The van der Waals surface area contributed by atoms with Crippen molar-refractivity contribution >= 4 is 22.9 Å². The predicted molar refractivity (Wildman–Crippen MR) is 107 cm³/mol. The second-order valence-corrected chi connectivity index (χ2v) is 7.27. The zero-order valence-electron chi connectivity index (χ0n) is 16.1. The molecule has 1 aromatic carbocycles. The Labute approximate surface area is 159 Å². The van der Waals surface area contributed by atoms with E-state index in [2.05, 4.69) is 32.8 Å². The Morgan fingerprint density at radius 1 is 1.11 bits per heavy atom. The topological polar surface area (TPSA) is 63.1 Å². The van der Waals surface area contributed by atoms with Crippen LogP contribution in [0.1, 0.15) is 35.8 Å². The number of carbonyl (C=O) groups is 1. The number of anilines is 1. The van der Waals surface area contributed by atoms with Crippen molar-refractivity contribution in [2.24, 2.45) is 0 Å². The van der Waals surface area contributed by atoms with E-state index in [-0.39, 0.29) is 6.03 Å². The van der Waals surface area contributed by atoms with E-state index >= 15 is 0 Å². The maximum atomic E-state index is 12.7. The van der Waals surface area contributed by atoms with Crippen molar-refractivity contribution in [1.82, 2.24) is 19.4 Å². The first-order chi connectivity index (χ1) is 13.0.